The molecule has 0 aliphatic rings. The first-order chi connectivity index (χ1) is 16.4. The average Bonchev–Trinajstić information content (AvgIpc) is 3.28. The monoisotopic (exact) mass is 471 g/mol. The Labute approximate surface area is 198 Å². The van der Waals surface area contributed by atoms with E-state index in [9.17, 15) is 9.59 Å². The summed E-state index contributed by atoms with van der Waals surface area (Å²) in [6, 6.07) is 15.5. The highest BCUT2D eigenvalue weighted by atomic mass is 35.5. The van der Waals surface area contributed by atoms with Crippen LogP contribution in [0, 0.1) is 6.92 Å². The number of nitrogens with zero attached hydrogens (tertiary/aromatic N) is 2. The molecule has 2 aromatic heterocycles. The van der Waals surface area contributed by atoms with E-state index in [0.29, 0.717) is 38.0 Å². The maximum Gasteiger partial charge on any atom is 0.256 e. The summed E-state index contributed by atoms with van der Waals surface area (Å²) in [7, 11) is 1.57. The molecule has 0 amide bonds. The molecule has 0 spiro atoms. The number of H-pyrrole nitrogens is 1. The first-order valence-corrected chi connectivity index (χ1v) is 10.8. The van der Waals surface area contributed by atoms with Crippen LogP contribution in [0.5, 0.6) is 5.75 Å². The van der Waals surface area contributed by atoms with Gasteiger partial charge in [0.15, 0.2) is 5.43 Å². The second kappa shape index (κ2) is 8.61. The van der Waals surface area contributed by atoms with Crippen LogP contribution in [0.2, 0.25) is 5.02 Å². The number of hydrogen-bond acceptors (Lipinski definition) is 6. The summed E-state index contributed by atoms with van der Waals surface area (Å²) >= 11 is 6.09. The van der Waals surface area contributed by atoms with Gasteiger partial charge in [-0.2, -0.15) is 0 Å². The number of benzene rings is 3. The number of rotatable bonds is 4. The summed E-state index contributed by atoms with van der Waals surface area (Å²) in [6.07, 6.45) is 3.39. The van der Waals surface area contributed by atoms with Gasteiger partial charge in [-0.3, -0.25) is 9.59 Å². The minimum Gasteiger partial charge on any atom is -0.496 e. The van der Waals surface area contributed by atoms with Crippen molar-refractivity contribution >= 4 is 45.4 Å². The molecular formula is C26H18ClN3O4. The van der Waals surface area contributed by atoms with Crippen molar-refractivity contribution < 1.29 is 9.15 Å². The number of aryl methyl sites for hydroxylation is 1. The van der Waals surface area contributed by atoms with Gasteiger partial charge in [0.2, 0.25) is 11.8 Å². The summed E-state index contributed by atoms with van der Waals surface area (Å²) in [6.45, 7) is 1.86. The van der Waals surface area contributed by atoms with E-state index in [2.05, 4.69) is 15.2 Å². The summed E-state index contributed by atoms with van der Waals surface area (Å²) < 4.78 is 11.2. The van der Waals surface area contributed by atoms with Crippen molar-refractivity contribution in [2.75, 3.05) is 7.11 Å². The smallest absolute Gasteiger partial charge is 0.256 e. The third-order valence-corrected chi connectivity index (χ3v) is 5.69. The first kappa shape index (κ1) is 21.6. The van der Waals surface area contributed by atoms with E-state index >= 15 is 0 Å². The van der Waals surface area contributed by atoms with E-state index < -0.39 is 0 Å². The maximum atomic E-state index is 13.3. The van der Waals surface area contributed by atoms with Gasteiger partial charge in [0, 0.05) is 27.4 Å². The number of methoxy groups -OCH3 is 1. The summed E-state index contributed by atoms with van der Waals surface area (Å²) in [4.78, 5) is 29.0. The van der Waals surface area contributed by atoms with E-state index in [1.54, 1.807) is 73.9 Å². The van der Waals surface area contributed by atoms with Crippen molar-refractivity contribution in [2.24, 2.45) is 0 Å². The van der Waals surface area contributed by atoms with Gasteiger partial charge < -0.3 is 14.1 Å². The molecule has 0 unspecified atom stereocenters. The fourth-order valence-corrected chi connectivity index (χ4v) is 4.06. The van der Waals surface area contributed by atoms with Crippen molar-refractivity contribution in [2.45, 2.75) is 6.92 Å². The Morgan fingerprint density at radius 1 is 0.971 bits per heavy atom. The zero-order chi connectivity index (χ0) is 23.8. The van der Waals surface area contributed by atoms with Gasteiger partial charge in [0.1, 0.15) is 5.75 Å². The first-order valence-electron chi connectivity index (χ1n) is 10.4. The third kappa shape index (κ3) is 3.86. The van der Waals surface area contributed by atoms with Crippen LogP contribution in [-0.4, -0.2) is 22.3 Å². The predicted octanol–water partition coefficient (Wildman–Crippen LogP) is 5.23. The number of aromatic amines is 1. The molecule has 5 rings (SSSR count). The second-order valence-corrected chi connectivity index (χ2v) is 8.17. The fourth-order valence-electron chi connectivity index (χ4n) is 3.88. The van der Waals surface area contributed by atoms with E-state index in [-0.39, 0.29) is 22.8 Å². The van der Waals surface area contributed by atoms with Crippen LogP contribution in [0.1, 0.15) is 17.0 Å². The van der Waals surface area contributed by atoms with Crippen molar-refractivity contribution in [3.63, 3.8) is 0 Å². The summed E-state index contributed by atoms with van der Waals surface area (Å²) in [5, 5.41) is 9.84. The van der Waals surface area contributed by atoms with Gasteiger partial charge in [0.25, 0.3) is 5.56 Å². The topological polar surface area (TPSA) is 98.1 Å². The second-order valence-electron chi connectivity index (χ2n) is 7.73. The molecule has 0 fully saturated rings. The van der Waals surface area contributed by atoms with Crippen LogP contribution >= 0.6 is 11.6 Å². The molecular weight excluding hydrogens is 454 g/mol. The minimum absolute atomic E-state index is 0.178. The van der Waals surface area contributed by atoms with Crippen LogP contribution in [-0.2, 0) is 0 Å². The van der Waals surface area contributed by atoms with E-state index in [0.717, 1.165) is 11.1 Å². The molecule has 0 radical (unpaired) electrons. The van der Waals surface area contributed by atoms with Crippen LogP contribution < -0.4 is 15.7 Å². The Bertz CT molecular complexity index is 1720. The molecule has 0 saturated carbocycles. The van der Waals surface area contributed by atoms with Crippen LogP contribution in [0.15, 0.2) is 68.6 Å². The molecule has 0 bridgehead atoms. The summed E-state index contributed by atoms with van der Waals surface area (Å²) in [5.41, 5.74) is 1.75. The third-order valence-electron chi connectivity index (χ3n) is 5.45. The largest absolute Gasteiger partial charge is 0.496 e. The highest BCUT2D eigenvalue weighted by Crippen LogP contribution is 2.28. The molecule has 2 heterocycles. The molecule has 0 aliphatic heterocycles. The zero-order valence-corrected chi connectivity index (χ0v) is 19.0. The Morgan fingerprint density at radius 2 is 1.76 bits per heavy atom. The molecule has 34 heavy (non-hydrogen) atoms. The van der Waals surface area contributed by atoms with Gasteiger partial charge in [-0.15, -0.1) is 10.2 Å². The lowest BCUT2D eigenvalue weighted by Crippen LogP contribution is -2.02. The van der Waals surface area contributed by atoms with Gasteiger partial charge in [-0.05, 0) is 55.0 Å². The lowest BCUT2D eigenvalue weighted by atomic mass is 10.1. The van der Waals surface area contributed by atoms with Gasteiger partial charge in [0.05, 0.1) is 23.6 Å². The number of halogens is 1. The van der Waals surface area contributed by atoms with Gasteiger partial charge in [-0.1, -0.05) is 29.8 Å². The molecule has 0 atom stereocenters. The number of nitrogens with one attached hydrogen (secondary N) is 1. The number of hydrogen-bond donors (Lipinski definition) is 1. The molecule has 1 N–H and O–H groups in total. The predicted molar refractivity (Wildman–Crippen MR) is 133 cm³/mol. The number of fused-ring (bicyclic) bond motifs is 2. The summed E-state index contributed by atoms with van der Waals surface area (Å²) in [5.74, 6) is 1.06. The van der Waals surface area contributed by atoms with Crippen LogP contribution in [0.25, 0.3) is 45.3 Å². The Balaban J connectivity index is 1.66. The molecule has 0 saturated heterocycles. The Morgan fingerprint density at radius 3 is 2.56 bits per heavy atom. The Kier molecular flexibility index (Phi) is 5.47. The molecule has 8 heteroatoms. The van der Waals surface area contributed by atoms with Crippen molar-refractivity contribution in [1.29, 1.82) is 0 Å². The lowest BCUT2D eigenvalue weighted by Gasteiger charge is -2.04. The molecule has 168 valence electrons. The quantitative estimate of drug-likeness (QED) is 0.385. The van der Waals surface area contributed by atoms with Crippen LogP contribution in [0.3, 0.4) is 0 Å². The number of aromatic nitrogens is 3. The highest BCUT2D eigenvalue weighted by Gasteiger charge is 2.15. The molecule has 3 aromatic carbocycles. The van der Waals surface area contributed by atoms with Gasteiger partial charge >= 0.3 is 0 Å². The maximum absolute atomic E-state index is 13.3. The van der Waals surface area contributed by atoms with Crippen molar-refractivity contribution in [1.82, 2.24) is 15.2 Å². The zero-order valence-electron chi connectivity index (χ0n) is 18.3. The standard InChI is InChI=1S/C26H18ClN3O4/c1-14-11-19-23(28-25(32)18-6-4-3-5-17(18)24(19)31)20(12-14)26-30-29-22(34-26)10-7-15-13-16(27)8-9-21(15)33-2/h3-13H,1-2H3,(H,28,32)/b10-7+. The lowest BCUT2D eigenvalue weighted by molar-refractivity contribution is 0.414. The SMILES string of the molecule is COc1ccc(Cl)cc1/C=C/c1nnc(-c2cc(C)cc3c(=O)c4ccccc4c(=O)[nH]c23)o1. The minimum atomic E-state index is -0.375. The van der Waals surface area contributed by atoms with Crippen molar-refractivity contribution in [3.8, 4) is 17.2 Å². The van der Waals surface area contributed by atoms with E-state index in [4.69, 9.17) is 20.8 Å². The highest BCUT2D eigenvalue weighted by molar-refractivity contribution is 6.30. The normalized spacial score (nSPS) is 11.5. The fraction of sp³-hybridized carbons (Fsp3) is 0.0769. The molecule has 0 aliphatic carbocycles. The average molecular weight is 472 g/mol. The number of ether oxygens (including phenoxy) is 1. The van der Waals surface area contributed by atoms with E-state index in [1.807, 2.05) is 6.92 Å². The van der Waals surface area contributed by atoms with Crippen molar-refractivity contribution in [3.05, 3.63) is 97.2 Å². The Hall–Kier alpha value is -4.23. The van der Waals surface area contributed by atoms with E-state index in [1.165, 1.54) is 0 Å². The van der Waals surface area contributed by atoms with Gasteiger partial charge in [-0.25, -0.2) is 0 Å². The van der Waals surface area contributed by atoms with Crippen LogP contribution in [0.4, 0.5) is 0 Å². The molecule has 5 aromatic rings. The molecule has 7 nitrogen and oxygen atoms in total.